The van der Waals surface area contributed by atoms with Crippen molar-refractivity contribution in [1.82, 2.24) is 9.88 Å². The van der Waals surface area contributed by atoms with Gasteiger partial charge in [0.1, 0.15) is 0 Å². The zero-order chi connectivity index (χ0) is 19.8. The minimum atomic E-state index is -0.626. The topological polar surface area (TPSA) is 79.5 Å². The molecular weight excluding hydrogens is 380 g/mol. The highest BCUT2D eigenvalue weighted by Crippen LogP contribution is 2.36. The Morgan fingerprint density at radius 1 is 1.25 bits per heavy atom. The van der Waals surface area contributed by atoms with Crippen LogP contribution < -0.4 is 0 Å². The molecule has 7 heteroatoms. The summed E-state index contributed by atoms with van der Waals surface area (Å²) in [4.78, 5) is 41.6. The maximum absolute atomic E-state index is 12.9. The number of likely N-dealkylation sites (tertiary alicyclic amines) is 1. The Hall–Kier alpha value is -3.12. The Labute approximate surface area is 166 Å². The van der Waals surface area contributed by atoms with Crippen LogP contribution in [-0.2, 0) is 20.9 Å². The number of halogens is 1. The lowest BCUT2D eigenvalue weighted by molar-refractivity contribution is -0.139. The predicted octanol–water partition coefficient (Wildman–Crippen LogP) is 3.65. The molecule has 6 nitrogen and oxygen atoms in total. The molecule has 0 radical (unpaired) electrons. The van der Waals surface area contributed by atoms with Crippen LogP contribution in [0.25, 0.3) is 10.9 Å². The number of rotatable bonds is 4. The summed E-state index contributed by atoms with van der Waals surface area (Å²) >= 11 is 6.36. The fourth-order valence-corrected chi connectivity index (χ4v) is 3.85. The highest BCUT2D eigenvalue weighted by atomic mass is 35.5. The number of hydrogen-bond donors (Lipinski definition) is 1. The SMILES string of the molecule is COC(=O)c1c[nH]c2c(Cl)cc(C3CC(=O)N(Cc4ccccc4)C3=O)cc12. The first-order valence-corrected chi connectivity index (χ1v) is 9.14. The number of nitrogens with one attached hydrogen (secondary N) is 1. The van der Waals surface area contributed by atoms with Crippen molar-refractivity contribution in [3.05, 3.63) is 70.4 Å². The van der Waals surface area contributed by atoms with Gasteiger partial charge in [-0.3, -0.25) is 14.5 Å². The monoisotopic (exact) mass is 396 g/mol. The first kappa shape index (κ1) is 18.3. The molecule has 1 saturated heterocycles. The number of ether oxygens (including phenoxy) is 1. The molecule has 1 fully saturated rings. The summed E-state index contributed by atoms with van der Waals surface area (Å²) in [7, 11) is 1.30. The molecule has 2 aromatic carbocycles. The lowest BCUT2D eigenvalue weighted by Crippen LogP contribution is -2.29. The van der Waals surface area contributed by atoms with Gasteiger partial charge in [-0.2, -0.15) is 0 Å². The predicted molar refractivity (Wildman–Crippen MR) is 104 cm³/mol. The molecule has 1 atom stereocenters. The van der Waals surface area contributed by atoms with Crippen molar-refractivity contribution in [2.45, 2.75) is 18.9 Å². The normalized spacial score (nSPS) is 16.8. The Morgan fingerprint density at radius 2 is 2.00 bits per heavy atom. The first-order chi connectivity index (χ1) is 13.5. The van der Waals surface area contributed by atoms with Crippen LogP contribution in [0.1, 0.15) is 33.8 Å². The fraction of sp³-hybridized carbons (Fsp3) is 0.190. The lowest BCUT2D eigenvalue weighted by Gasteiger charge is -2.15. The second-order valence-electron chi connectivity index (χ2n) is 6.68. The van der Waals surface area contributed by atoms with Crippen molar-refractivity contribution < 1.29 is 19.1 Å². The number of fused-ring (bicyclic) bond motifs is 1. The molecule has 1 unspecified atom stereocenters. The summed E-state index contributed by atoms with van der Waals surface area (Å²) in [5.41, 5.74) is 2.41. The second kappa shape index (κ2) is 7.13. The maximum atomic E-state index is 12.9. The molecule has 0 bridgehead atoms. The number of hydrogen-bond acceptors (Lipinski definition) is 4. The molecule has 4 rings (SSSR count). The van der Waals surface area contributed by atoms with E-state index in [9.17, 15) is 14.4 Å². The third-order valence-corrected chi connectivity index (χ3v) is 5.30. The summed E-state index contributed by atoms with van der Waals surface area (Å²) in [5.74, 6) is -1.62. The smallest absolute Gasteiger partial charge is 0.340 e. The van der Waals surface area contributed by atoms with Gasteiger partial charge in [-0.25, -0.2) is 4.79 Å². The Kier molecular flexibility index (Phi) is 4.65. The van der Waals surface area contributed by atoms with Crippen LogP contribution >= 0.6 is 11.6 Å². The maximum Gasteiger partial charge on any atom is 0.340 e. The molecule has 3 aromatic rings. The quantitative estimate of drug-likeness (QED) is 0.539. The number of esters is 1. The Balaban J connectivity index is 1.69. The van der Waals surface area contributed by atoms with Gasteiger partial charge in [0.25, 0.3) is 0 Å². The molecule has 0 spiro atoms. The van der Waals surface area contributed by atoms with E-state index in [1.807, 2.05) is 30.3 Å². The standard InChI is InChI=1S/C21H17ClN2O4/c1-28-21(27)16-10-23-19-15(16)7-13(8-17(19)22)14-9-18(25)24(20(14)26)11-12-5-3-2-4-6-12/h2-8,10,14,23H,9,11H2,1H3. The highest BCUT2D eigenvalue weighted by Gasteiger charge is 2.39. The number of H-pyrrole nitrogens is 1. The molecule has 0 saturated carbocycles. The average Bonchev–Trinajstić information content (AvgIpc) is 3.25. The van der Waals surface area contributed by atoms with Crippen LogP contribution in [-0.4, -0.2) is 34.8 Å². The highest BCUT2D eigenvalue weighted by molar-refractivity contribution is 6.35. The van der Waals surface area contributed by atoms with Crippen molar-refractivity contribution in [1.29, 1.82) is 0 Å². The van der Waals surface area contributed by atoms with Gasteiger partial charge in [0.05, 0.1) is 35.7 Å². The number of aromatic nitrogens is 1. The number of carbonyl (C=O) groups excluding carboxylic acids is 3. The zero-order valence-electron chi connectivity index (χ0n) is 15.1. The Bertz CT molecular complexity index is 1090. The summed E-state index contributed by atoms with van der Waals surface area (Å²) in [5, 5.41) is 0.945. The molecule has 1 N–H and O–H groups in total. The van der Waals surface area contributed by atoms with Gasteiger partial charge in [0.2, 0.25) is 11.8 Å². The van der Waals surface area contributed by atoms with Crippen LogP contribution in [0.4, 0.5) is 0 Å². The van der Waals surface area contributed by atoms with E-state index in [0.717, 1.165) is 5.56 Å². The van der Waals surface area contributed by atoms with Crippen LogP contribution in [0, 0.1) is 0 Å². The Morgan fingerprint density at radius 3 is 2.71 bits per heavy atom. The van der Waals surface area contributed by atoms with Crippen molar-refractivity contribution in [3.63, 3.8) is 0 Å². The molecular formula is C21H17ClN2O4. The van der Waals surface area contributed by atoms with Gasteiger partial charge in [-0.15, -0.1) is 0 Å². The van der Waals surface area contributed by atoms with E-state index in [-0.39, 0.29) is 24.8 Å². The number of benzene rings is 2. The van der Waals surface area contributed by atoms with Crippen molar-refractivity contribution in [2.75, 3.05) is 7.11 Å². The van der Waals surface area contributed by atoms with E-state index in [1.165, 1.54) is 18.2 Å². The van der Waals surface area contributed by atoms with E-state index in [4.69, 9.17) is 16.3 Å². The minimum Gasteiger partial charge on any atom is -0.465 e. The summed E-state index contributed by atoms with van der Waals surface area (Å²) in [6, 6.07) is 12.8. The number of imide groups is 1. The minimum absolute atomic E-state index is 0.0749. The van der Waals surface area contributed by atoms with Crippen molar-refractivity contribution in [2.24, 2.45) is 0 Å². The number of methoxy groups -OCH3 is 1. The number of aromatic amines is 1. The second-order valence-corrected chi connectivity index (χ2v) is 7.09. The number of carbonyl (C=O) groups is 3. The summed E-state index contributed by atoms with van der Waals surface area (Å²) in [6.45, 7) is 0.239. The van der Waals surface area contributed by atoms with E-state index < -0.39 is 11.9 Å². The summed E-state index contributed by atoms with van der Waals surface area (Å²) in [6.07, 6.45) is 1.60. The third-order valence-electron chi connectivity index (χ3n) is 5.00. The average molecular weight is 397 g/mol. The van der Waals surface area contributed by atoms with Gasteiger partial charge < -0.3 is 9.72 Å². The van der Waals surface area contributed by atoms with E-state index in [2.05, 4.69) is 4.98 Å². The van der Waals surface area contributed by atoms with Crippen molar-refractivity contribution in [3.8, 4) is 0 Å². The van der Waals surface area contributed by atoms with Crippen LogP contribution in [0.15, 0.2) is 48.7 Å². The van der Waals surface area contributed by atoms with Crippen LogP contribution in [0.5, 0.6) is 0 Å². The van der Waals surface area contributed by atoms with Gasteiger partial charge in [-0.05, 0) is 23.3 Å². The molecule has 0 aliphatic carbocycles. The largest absolute Gasteiger partial charge is 0.465 e. The van der Waals surface area contributed by atoms with Crippen LogP contribution in [0.3, 0.4) is 0 Å². The number of amides is 2. The molecule has 142 valence electrons. The molecule has 2 amide bonds. The number of nitrogens with zero attached hydrogens (tertiary/aromatic N) is 1. The molecule has 1 aliphatic heterocycles. The van der Waals surface area contributed by atoms with Gasteiger partial charge in [0, 0.05) is 18.0 Å². The molecule has 28 heavy (non-hydrogen) atoms. The third kappa shape index (κ3) is 3.05. The van der Waals surface area contributed by atoms with Crippen LogP contribution in [0.2, 0.25) is 5.02 Å². The zero-order valence-corrected chi connectivity index (χ0v) is 15.8. The van der Waals surface area contributed by atoms with Gasteiger partial charge in [-0.1, -0.05) is 41.9 Å². The molecule has 2 heterocycles. The fourth-order valence-electron chi connectivity index (χ4n) is 3.56. The first-order valence-electron chi connectivity index (χ1n) is 8.76. The molecule has 1 aromatic heterocycles. The molecule has 1 aliphatic rings. The van der Waals surface area contributed by atoms with E-state index >= 15 is 0 Å². The van der Waals surface area contributed by atoms with E-state index in [1.54, 1.807) is 12.1 Å². The van der Waals surface area contributed by atoms with Gasteiger partial charge >= 0.3 is 5.97 Å². The lowest BCUT2D eigenvalue weighted by atomic mass is 9.95. The van der Waals surface area contributed by atoms with Crippen molar-refractivity contribution >= 4 is 40.3 Å². The van der Waals surface area contributed by atoms with E-state index in [0.29, 0.717) is 27.1 Å². The van der Waals surface area contributed by atoms with Gasteiger partial charge in [0.15, 0.2) is 0 Å². The summed E-state index contributed by atoms with van der Waals surface area (Å²) < 4.78 is 4.80.